The van der Waals surface area contributed by atoms with Crippen LogP contribution in [0.15, 0.2) is 18.2 Å². The van der Waals surface area contributed by atoms with Crippen LogP contribution in [0.2, 0.25) is 0 Å². The van der Waals surface area contributed by atoms with E-state index in [1.807, 2.05) is 6.07 Å². The zero-order chi connectivity index (χ0) is 10.3. The SMILES string of the molecule is Oc1ccc2nc([C@@H]3CCCN3)[nH]c2c1. The Morgan fingerprint density at radius 2 is 2.33 bits per heavy atom. The third-order valence-corrected chi connectivity index (χ3v) is 2.87. The summed E-state index contributed by atoms with van der Waals surface area (Å²) in [5.41, 5.74) is 1.82. The summed E-state index contributed by atoms with van der Waals surface area (Å²) in [6.45, 7) is 1.06. The van der Waals surface area contributed by atoms with E-state index in [1.54, 1.807) is 12.1 Å². The molecule has 0 spiro atoms. The molecule has 4 nitrogen and oxygen atoms in total. The van der Waals surface area contributed by atoms with Gasteiger partial charge in [-0.15, -0.1) is 0 Å². The molecule has 0 amide bonds. The lowest BCUT2D eigenvalue weighted by molar-refractivity contribution is 0.476. The molecule has 0 bridgehead atoms. The van der Waals surface area contributed by atoms with Gasteiger partial charge in [-0.05, 0) is 31.5 Å². The second kappa shape index (κ2) is 3.24. The molecule has 0 aliphatic carbocycles. The highest BCUT2D eigenvalue weighted by atomic mass is 16.3. The summed E-state index contributed by atoms with van der Waals surface area (Å²) in [5, 5.41) is 12.7. The van der Waals surface area contributed by atoms with Crippen LogP contribution in [0.5, 0.6) is 5.75 Å². The zero-order valence-corrected chi connectivity index (χ0v) is 8.33. The first-order valence-corrected chi connectivity index (χ1v) is 5.25. The van der Waals surface area contributed by atoms with Crippen LogP contribution >= 0.6 is 0 Å². The summed E-state index contributed by atoms with van der Waals surface area (Å²) in [4.78, 5) is 7.75. The third kappa shape index (κ3) is 1.47. The van der Waals surface area contributed by atoms with Crippen LogP contribution in [0.25, 0.3) is 11.0 Å². The van der Waals surface area contributed by atoms with Crippen molar-refractivity contribution in [1.29, 1.82) is 0 Å². The number of nitrogens with zero attached hydrogens (tertiary/aromatic N) is 1. The van der Waals surface area contributed by atoms with Crippen LogP contribution in [-0.2, 0) is 0 Å². The second-order valence-corrected chi connectivity index (χ2v) is 3.97. The van der Waals surface area contributed by atoms with E-state index >= 15 is 0 Å². The second-order valence-electron chi connectivity index (χ2n) is 3.97. The Morgan fingerprint density at radius 3 is 3.13 bits per heavy atom. The van der Waals surface area contributed by atoms with Gasteiger partial charge in [-0.3, -0.25) is 0 Å². The first-order valence-electron chi connectivity index (χ1n) is 5.25. The Balaban J connectivity index is 2.05. The van der Waals surface area contributed by atoms with Crippen molar-refractivity contribution in [2.45, 2.75) is 18.9 Å². The fourth-order valence-corrected chi connectivity index (χ4v) is 2.10. The first-order chi connectivity index (χ1) is 7.33. The van der Waals surface area contributed by atoms with E-state index in [-0.39, 0.29) is 5.75 Å². The molecule has 1 aliphatic rings. The molecule has 1 saturated heterocycles. The molecule has 0 radical (unpaired) electrons. The summed E-state index contributed by atoms with van der Waals surface area (Å²) in [6, 6.07) is 5.55. The van der Waals surface area contributed by atoms with Gasteiger partial charge in [-0.1, -0.05) is 0 Å². The molecule has 1 atom stereocenters. The molecule has 2 aromatic rings. The van der Waals surface area contributed by atoms with Crippen molar-refractivity contribution in [2.75, 3.05) is 6.54 Å². The highest BCUT2D eigenvalue weighted by molar-refractivity contribution is 5.76. The van der Waals surface area contributed by atoms with Crippen molar-refractivity contribution < 1.29 is 5.11 Å². The maximum atomic E-state index is 9.34. The molecule has 3 rings (SSSR count). The van der Waals surface area contributed by atoms with E-state index in [0.717, 1.165) is 29.8 Å². The molecule has 1 aromatic carbocycles. The van der Waals surface area contributed by atoms with Crippen molar-refractivity contribution in [1.82, 2.24) is 15.3 Å². The predicted molar refractivity (Wildman–Crippen MR) is 57.7 cm³/mol. The first kappa shape index (κ1) is 8.73. The molecular formula is C11H13N3O. The van der Waals surface area contributed by atoms with Gasteiger partial charge in [0.15, 0.2) is 0 Å². The Kier molecular flexibility index (Phi) is 1.89. The van der Waals surface area contributed by atoms with Crippen LogP contribution in [-0.4, -0.2) is 21.6 Å². The van der Waals surface area contributed by atoms with Gasteiger partial charge in [0.05, 0.1) is 17.1 Å². The van der Waals surface area contributed by atoms with Crippen molar-refractivity contribution in [2.24, 2.45) is 0 Å². The number of hydrogen-bond acceptors (Lipinski definition) is 3. The highest BCUT2D eigenvalue weighted by Gasteiger charge is 2.19. The number of rotatable bonds is 1. The van der Waals surface area contributed by atoms with Gasteiger partial charge in [0.25, 0.3) is 0 Å². The molecule has 15 heavy (non-hydrogen) atoms. The summed E-state index contributed by atoms with van der Waals surface area (Å²) in [5.74, 6) is 1.25. The topological polar surface area (TPSA) is 60.9 Å². The predicted octanol–water partition coefficient (Wildman–Crippen LogP) is 1.69. The van der Waals surface area contributed by atoms with Crippen molar-refractivity contribution in [3.8, 4) is 5.75 Å². The monoisotopic (exact) mass is 203 g/mol. The summed E-state index contributed by atoms with van der Waals surface area (Å²) in [6.07, 6.45) is 2.33. The van der Waals surface area contributed by atoms with Gasteiger partial charge in [-0.25, -0.2) is 4.98 Å². The summed E-state index contributed by atoms with van der Waals surface area (Å²) < 4.78 is 0. The Hall–Kier alpha value is -1.55. The van der Waals surface area contributed by atoms with E-state index in [0.29, 0.717) is 6.04 Å². The largest absolute Gasteiger partial charge is 0.508 e. The number of phenols is 1. The lowest BCUT2D eigenvalue weighted by Gasteiger charge is -2.04. The average molecular weight is 203 g/mol. The van der Waals surface area contributed by atoms with Gasteiger partial charge < -0.3 is 15.4 Å². The molecule has 78 valence electrons. The molecule has 4 heteroatoms. The molecule has 3 N–H and O–H groups in total. The highest BCUT2D eigenvalue weighted by Crippen LogP contribution is 2.24. The summed E-state index contributed by atoms with van der Waals surface area (Å²) in [7, 11) is 0. The van der Waals surface area contributed by atoms with Gasteiger partial charge in [0.1, 0.15) is 11.6 Å². The van der Waals surface area contributed by atoms with Crippen LogP contribution in [0, 0.1) is 0 Å². The number of H-pyrrole nitrogens is 1. The van der Waals surface area contributed by atoms with Gasteiger partial charge >= 0.3 is 0 Å². The molecule has 0 saturated carbocycles. The number of hydrogen-bond donors (Lipinski definition) is 3. The van der Waals surface area contributed by atoms with Crippen molar-refractivity contribution in [3.63, 3.8) is 0 Å². The number of fused-ring (bicyclic) bond motifs is 1. The van der Waals surface area contributed by atoms with E-state index < -0.39 is 0 Å². The quantitative estimate of drug-likeness (QED) is 0.661. The van der Waals surface area contributed by atoms with Gasteiger partial charge in [-0.2, -0.15) is 0 Å². The van der Waals surface area contributed by atoms with E-state index in [2.05, 4.69) is 15.3 Å². The lowest BCUT2D eigenvalue weighted by Crippen LogP contribution is -2.13. The molecule has 1 aromatic heterocycles. The van der Waals surface area contributed by atoms with Crippen LogP contribution < -0.4 is 5.32 Å². The molecular weight excluding hydrogens is 190 g/mol. The maximum Gasteiger partial charge on any atom is 0.124 e. The molecule has 1 fully saturated rings. The minimum Gasteiger partial charge on any atom is -0.508 e. The van der Waals surface area contributed by atoms with Crippen LogP contribution in [0.3, 0.4) is 0 Å². The van der Waals surface area contributed by atoms with E-state index in [9.17, 15) is 5.11 Å². The molecule has 0 unspecified atom stereocenters. The number of aromatic hydroxyl groups is 1. The number of nitrogens with one attached hydrogen (secondary N) is 2. The van der Waals surface area contributed by atoms with Gasteiger partial charge in [0, 0.05) is 6.07 Å². The third-order valence-electron chi connectivity index (χ3n) is 2.87. The average Bonchev–Trinajstić information content (AvgIpc) is 2.84. The molecule has 1 aliphatic heterocycles. The van der Waals surface area contributed by atoms with Gasteiger partial charge in [0.2, 0.25) is 0 Å². The van der Waals surface area contributed by atoms with Crippen molar-refractivity contribution >= 4 is 11.0 Å². The van der Waals surface area contributed by atoms with E-state index in [4.69, 9.17) is 0 Å². The van der Waals surface area contributed by atoms with Crippen LogP contribution in [0.4, 0.5) is 0 Å². The Labute approximate surface area is 87.3 Å². The van der Waals surface area contributed by atoms with Crippen molar-refractivity contribution in [3.05, 3.63) is 24.0 Å². The number of imidazole rings is 1. The fraction of sp³-hybridized carbons (Fsp3) is 0.364. The minimum atomic E-state index is 0.275. The van der Waals surface area contributed by atoms with Crippen LogP contribution in [0.1, 0.15) is 24.7 Å². The fourth-order valence-electron chi connectivity index (χ4n) is 2.10. The number of benzene rings is 1. The Morgan fingerprint density at radius 1 is 1.40 bits per heavy atom. The standard InChI is InChI=1S/C11H13N3O/c15-7-3-4-8-10(6-7)14-11(13-8)9-2-1-5-12-9/h3-4,6,9,12,15H,1-2,5H2,(H,13,14)/t9-/m0/s1. The number of aromatic nitrogens is 2. The van der Waals surface area contributed by atoms with E-state index in [1.165, 1.54) is 6.42 Å². The number of aromatic amines is 1. The molecule has 2 heterocycles. The number of phenolic OH excluding ortho intramolecular Hbond substituents is 1. The lowest BCUT2D eigenvalue weighted by atomic mass is 10.2. The smallest absolute Gasteiger partial charge is 0.124 e. The minimum absolute atomic E-state index is 0.275. The zero-order valence-electron chi connectivity index (χ0n) is 8.33. The normalized spacial score (nSPS) is 21.2. The maximum absolute atomic E-state index is 9.34. The Bertz CT molecular complexity index is 486. The summed E-state index contributed by atoms with van der Waals surface area (Å²) >= 11 is 0.